The summed E-state index contributed by atoms with van der Waals surface area (Å²) in [6, 6.07) is 66.5. The van der Waals surface area contributed by atoms with Crippen molar-refractivity contribution in [3.05, 3.63) is 248 Å². The zero-order valence-corrected chi connectivity index (χ0v) is 39.3. The van der Waals surface area contributed by atoms with Crippen LogP contribution in [-0.4, -0.2) is 33.1 Å². The third kappa shape index (κ3) is 8.25. The van der Waals surface area contributed by atoms with Gasteiger partial charge in [-0.3, -0.25) is 19.9 Å². The van der Waals surface area contributed by atoms with Crippen molar-refractivity contribution in [1.82, 2.24) is 33.1 Å². The van der Waals surface area contributed by atoms with Gasteiger partial charge in [0.25, 0.3) is 0 Å². The van der Waals surface area contributed by atoms with Gasteiger partial charge in [0, 0.05) is 47.6 Å². The Bertz CT molecular complexity index is 3700. The van der Waals surface area contributed by atoms with E-state index in [1.165, 1.54) is 38.8 Å². The Kier molecular flexibility index (Phi) is 11.7. The number of rotatable bonds is 9. The largest absolute Gasteiger partial charge is 3.00 e. The first-order valence-corrected chi connectivity index (χ1v) is 22.7. The predicted octanol–water partition coefficient (Wildman–Crippen LogP) is 13.1. The first-order valence-electron chi connectivity index (χ1n) is 22.7. The fourth-order valence-electron chi connectivity index (χ4n) is 9.34. The number of hydrogen-bond acceptors (Lipinski definition) is 4. The first kappa shape index (κ1) is 42.6. The average Bonchev–Trinajstić information content (AvgIpc) is 4.17. The van der Waals surface area contributed by atoms with Crippen molar-refractivity contribution < 1.29 is 20.1 Å². The SMILES string of the molecule is [Ir+3].[c-]1cccc2c(-c3ccccc3)cn3cc(CCc4cccc(CCc5cn6cc(-c7ccccc7)c7ccc[c-]c7c6n5)n4)nc3c12.[c-]1cccc2c(-c3ccccc3)cn3ccnc3c12. The van der Waals surface area contributed by atoms with Crippen LogP contribution in [0.1, 0.15) is 22.8 Å². The Morgan fingerprint density at radius 1 is 0.353 bits per heavy atom. The first-order chi connectivity index (χ1) is 33.2. The maximum absolute atomic E-state index is 5.05. The molecule has 0 atom stereocenters. The van der Waals surface area contributed by atoms with Crippen LogP contribution in [0.2, 0.25) is 0 Å². The van der Waals surface area contributed by atoms with E-state index in [0.717, 1.165) is 92.3 Å². The number of nitrogens with zero attached hydrogens (tertiary/aromatic N) is 7. The minimum Gasteiger partial charge on any atom is -0.347 e. The number of fused-ring (bicyclic) bond motifs is 9. The fraction of sp³-hybridized carbons (Fsp3) is 0.0667. The number of aromatic nitrogens is 7. The molecule has 13 aromatic rings. The molecule has 0 amide bonds. The third-order valence-electron chi connectivity index (χ3n) is 12.5. The van der Waals surface area contributed by atoms with Gasteiger partial charge < -0.3 is 13.2 Å². The van der Waals surface area contributed by atoms with Gasteiger partial charge in [-0.05, 0) is 89.8 Å². The Labute approximate surface area is 407 Å². The summed E-state index contributed by atoms with van der Waals surface area (Å²) in [5, 5.41) is 6.66. The molecule has 0 radical (unpaired) electrons. The molecule has 0 aliphatic rings. The Hall–Kier alpha value is -8.03. The molecule has 0 saturated carbocycles. The second-order valence-corrected chi connectivity index (χ2v) is 16.8. The minimum absolute atomic E-state index is 0. The molecule has 326 valence electrons. The molecule has 0 aliphatic heterocycles. The topological polar surface area (TPSA) is 64.8 Å². The third-order valence-corrected chi connectivity index (χ3v) is 12.5. The molecule has 68 heavy (non-hydrogen) atoms. The van der Waals surface area contributed by atoms with E-state index in [1.807, 2.05) is 54.9 Å². The molecule has 13 rings (SSSR count). The summed E-state index contributed by atoms with van der Waals surface area (Å²) < 4.78 is 6.36. The van der Waals surface area contributed by atoms with E-state index in [9.17, 15) is 0 Å². The fourth-order valence-corrected chi connectivity index (χ4v) is 9.34. The standard InChI is InChI=1S/C43H31N5.C17H11N2.Ir/c1-3-12-30(13-4-1)40-28-47-26-34(45-42(47)38-20-9-7-18-36(38)40)24-22-32-16-11-17-33(44-32)23-25-35-27-48-29-41(31-14-5-2-6-15-31)37-19-8-10-21-39(37)43(48)46-35;1-2-6-13(7-3-1)16-12-19-11-10-18-17(19)15-9-5-4-8-14(15)16;/h1-19,26-29H,22-25H2;1-8,10-12H;/q-2;-1;+3. The maximum atomic E-state index is 5.05. The van der Waals surface area contributed by atoms with Crippen LogP contribution in [0.5, 0.6) is 0 Å². The van der Waals surface area contributed by atoms with E-state index in [4.69, 9.17) is 15.0 Å². The second kappa shape index (κ2) is 18.7. The molecule has 0 fully saturated rings. The molecule has 0 unspecified atom stereocenters. The molecule has 7 nitrogen and oxygen atoms in total. The van der Waals surface area contributed by atoms with Gasteiger partial charge in [0.15, 0.2) is 0 Å². The number of benzene rings is 6. The number of pyridine rings is 4. The number of aryl methyl sites for hydroxylation is 4. The van der Waals surface area contributed by atoms with Crippen molar-refractivity contribution in [3.63, 3.8) is 0 Å². The van der Waals surface area contributed by atoms with Crippen molar-refractivity contribution in [1.29, 1.82) is 0 Å². The molecular weight excluding hydrogens is 1010 g/mol. The van der Waals surface area contributed by atoms with Crippen molar-refractivity contribution in [3.8, 4) is 33.4 Å². The summed E-state index contributed by atoms with van der Waals surface area (Å²) in [6.07, 6.45) is 17.9. The molecule has 0 spiro atoms. The molecule has 0 bridgehead atoms. The van der Waals surface area contributed by atoms with Crippen LogP contribution in [0, 0.1) is 18.2 Å². The normalized spacial score (nSPS) is 11.4. The van der Waals surface area contributed by atoms with Crippen LogP contribution in [0.15, 0.2) is 207 Å². The zero-order chi connectivity index (χ0) is 44.5. The summed E-state index contributed by atoms with van der Waals surface area (Å²) in [5.41, 5.74) is 14.2. The molecule has 7 heterocycles. The van der Waals surface area contributed by atoms with Gasteiger partial charge in [-0.2, -0.15) is 0 Å². The van der Waals surface area contributed by atoms with Crippen LogP contribution < -0.4 is 0 Å². The molecule has 0 N–H and O–H groups in total. The summed E-state index contributed by atoms with van der Waals surface area (Å²) in [7, 11) is 0. The molecule has 8 heteroatoms. The van der Waals surface area contributed by atoms with Crippen molar-refractivity contribution in [2.45, 2.75) is 25.7 Å². The Balaban J connectivity index is 0.000000211. The molecular formula is C60H42IrN7. The minimum atomic E-state index is 0. The number of imidazole rings is 3. The van der Waals surface area contributed by atoms with Gasteiger partial charge in [-0.1, -0.05) is 113 Å². The van der Waals surface area contributed by atoms with Gasteiger partial charge in [0.05, 0.1) is 16.9 Å². The van der Waals surface area contributed by atoms with Gasteiger partial charge in [0.2, 0.25) is 0 Å². The molecule has 7 aromatic heterocycles. The molecule has 6 aromatic carbocycles. The molecule has 0 aliphatic carbocycles. The van der Waals surface area contributed by atoms with Crippen LogP contribution in [0.3, 0.4) is 0 Å². The predicted molar refractivity (Wildman–Crippen MR) is 270 cm³/mol. The van der Waals surface area contributed by atoms with E-state index in [-0.39, 0.29) is 20.1 Å². The zero-order valence-electron chi connectivity index (χ0n) is 36.9. The number of hydrogen-bond donors (Lipinski definition) is 0. The Morgan fingerprint density at radius 3 is 1.19 bits per heavy atom. The molecule has 0 saturated heterocycles. The van der Waals surface area contributed by atoms with E-state index in [0.29, 0.717) is 0 Å². The summed E-state index contributed by atoms with van der Waals surface area (Å²) in [5.74, 6) is 0. The second-order valence-electron chi connectivity index (χ2n) is 16.8. The maximum Gasteiger partial charge on any atom is 3.00 e. The van der Waals surface area contributed by atoms with Crippen LogP contribution in [0.25, 0.3) is 82.6 Å². The van der Waals surface area contributed by atoms with E-state index in [2.05, 4.69) is 189 Å². The van der Waals surface area contributed by atoms with Gasteiger partial charge in [0.1, 0.15) is 0 Å². The monoisotopic (exact) mass is 1050 g/mol. The van der Waals surface area contributed by atoms with E-state index in [1.54, 1.807) is 0 Å². The van der Waals surface area contributed by atoms with Gasteiger partial charge in [-0.15, -0.1) is 89.0 Å². The van der Waals surface area contributed by atoms with Gasteiger partial charge >= 0.3 is 20.1 Å². The van der Waals surface area contributed by atoms with Crippen LogP contribution >= 0.6 is 0 Å². The summed E-state index contributed by atoms with van der Waals surface area (Å²) in [4.78, 5) is 19.5. The van der Waals surface area contributed by atoms with Crippen molar-refractivity contribution in [2.24, 2.45) is 0 Å². The van der Waals surface area contributed by atoms with E-state index >= 15 is 0 Å². The van der Waals surface area contributed by atoms with E-state index < -0.39 is 0 Å². The summed E-state index contributed by atoms with van der Waals surface area (Å²) >= 11 is 0. The van der Waals surface area contributed by atoms with Crippen LogP contribution in [-0.2, 0) is 45.8 Å². The van der Waals surface area contributed by atoms with Gasteiger partial charge in [-0.25, -0.2) is 0 Å². The average molecular weight is 1050 g/mol. The summed E-state index contributed by atoms with van der Waals surface area (Å²) in [6.45, 7) is 0. The van der Waals surface area contributed by atoms with Crippen molar-refractivity contribution in [2.75, 3.05) is 0 Å². The quantitative estimate of drug-likeness (QED) is 0.135. The van der Waals surface area contributed by atoms with Crippen LogP contribution in [0.4, 0.5) is 0 Å². The smallest absolute Gasteiger partial charge is 0.347 e. The Morgan fingerprint density at radius 2 is 0.750 bits per heavy atom. The van der Waals surface area contributed by atoms with Crippen molar-refractivity contribution >= 4 is 49.3 Å².